The third-order valence-electron chi connectivity index (χ3n) is 2.10. The number of nitrogens with two attached hydrogens (primary N) is 1. The van der Waals surface area contributed by atoms with Crippen LogP contribution in [0.1, 0.15) is 11.7 Å². The standard InChI is InChI=1S/C10H14ClNO3/c1-14-8-4-3-6(7(13)5-12)10(15-2)9(8)11/h3-4,7,13H,5,12H2,1-2H3. The molecule has 0 saturated heterocycles. The number of ether oxygens (including phenoxy) is 2. The van der Waals surface area contributed by atoms with E-state index < -0.39 is 6.10 Å². The van der Waals surface area contributed by atoms with Crippen LogP contribution in [0, 0.1) is 0 Å². The van der Waals surface area contributed by atoms with Crippen molar-refractivity contribution in [3.8, 4) is 11.5 Å². The third-order valence-corrected chi connectivity index (χ3v) is 2.46. The van der Waals surface area contributed by atoms with Gasteiger partial charge in [0.25, 0.3) is 0 Å². The summed E-state index contributed by atoms with van der Waals surface area (Å²) in [6.45, 7) is 0.110. The summed E-state index contributed by atoms with van der Waals surface area (Å²) < 4.78 is 10.1. The molecule has 1 rings (SSSR count). The molecular weight excluding hydrogens is 218 g/mol. The van der Waals surface area contributed by atoms with Gasteiger partial charge in [0.1, 0.15) is 16.5 Å². The Morgan fingerprint density at radius 3 is 2.53 bits per heavy atom. The maximum Gasteiger partial charge on any atom is 0.147 e. The van der Waals surface area contributed by atoms with E-state index in [9.17, 15) is 5.11 Å². The molecule has 0 aliphatic rings. The number of aliphatic hydroxyl groups excluding tert-OH is 1. The maximum absolute atomic E-state index is 9.62. The van der Waals surface area contributed by atoms with Crippen LogP contribution in [-0.2, 0) is 0 Å². The first-order chi connectivity index (χ1) is 7.15. The van der Waals surface area contributed by atoms with E-state index in [-0.39, 0.29) is 6.54 Å². The molecule has 3 N–H and O–H groups in total. The van der Waals surface area contributed by atoms with Crippen molar-refractivity contribution < 1.29 is 14.6 Å². The maximum atomic E-state index is 9.62. The summed E-state index contributed by atoms with van der Waals surface area (Å²) in [4.78, 5) is 0. The van der Waals surface area contributed by atoms with Gasteiger partial charge >= 0.3 is 0 Å². The molecule has 0 aromatic heterocycles. The number of hydrogen-bond acceptors (Lipinski definition) is 4. The topological polar surface area (TPSA) is 64.7 Å². The Morgan fingerprint density at radius 1 is 1.40 bits per heavy atom. The Hall–Kier alpha value is -0.970. The van der Waals surface area contributed by atoms with Crippen molar-refractivity contribution in [1.29, 1.82) is 0 Å². The van der Waals surface area contributed by atoms with Crippen molar-refractivity contribution in [2.45, 2.75) is 6.10 Å². The van der Waals surface area contributed by atoms with Crippen LogP contribution in [0.2, 0.25) is 5.02 Å². The van der Waals surface area contributed by atoms with E-state index in [1.54, 1.807) is 12.1 Å². The van der Waals surface area contributed by atoms with Gasteiger partial charge in [-0.25, -0.2) is 0 Å². The second-order valence-electron chi connectivity index (χ2n) is 2.96. The highest BCUT2D eigenvalue weighted by Gasteiger charge is 2.17. The van der Waals surface area contributed by atoms with E-state index >= 15 is 0 Å². The molecule has 1 aromatic carbocycles. The van der Waals surface area contributed by atoms with Crippen LogP contribution in [0.4, 0.5) is 0 Å². The molecule has 1 aromatic rings. The number of halogens is 1. The summed E-state index contributed by atoms with van der Waals surface area (Å²) in [5.41, 5.74) is 5.93. The van der Waals surface area contributed by atoms with Crippen LogP contribution < -0.4 is 15.2 Å². The van der Waals surface area contributed by atoms with Crippen molar-refractivity contribution in [2.24, 2.45) is 5.73 Å². The molecule has 0 heterocycles. The van der Waals surface area contributed by atoms with Gasteiger partial charge < -0.3 is 20.3 Å². The lowest BCUT2D eigenvalue weighted by molar-refractivity contribution is 0.182. The molecule has 0 radical (unpaired) electrons. The average Bonchev–Trinajstić information content (AvgIpc) is 2.27. The molecule has 15 heavy (non-hydrogen) atoms. The molecule has 1 atom stereocenters. The zero-order chi connectivity index (χ0) is 11.4. The molecule has 84 valence electrons. The van der Waals surface area contributed by atoms with E-state index in [1.165, 1.54) is 14.2 Å². The van der Waals surface area contributed by atoms with E-state index in [0.29, 0.717) is 22.1 Å². The van der Waals surface area contributed by atoms with Crippen LogP contribution in [0.25, 0.3) is 0 Å². The average molecular weight is 232 g/mol. The Morgan fingerprint density at radius 2 is 2.07 bits per heavy atom. The SMILES string of the molecule is COc1ccc(C(O)CN)c(OC)c1Cl. The summed E-state index contributed by atoms with van der Waals surface area (Å²) in [6.07, 6.45) is -0.789. The van der Waals surface area contributed by atoms with Crippen LogP contribution in [-0.4, -0.2) is 25.9 Å². The first-order valence-electron chi connectivity index (χ1n) is 4.44. The molecule has 4 nitrogen and oxygen atoms in total. The first kappa shape index (κ1) is 12.1. The van der Waals surface area contributed by atoms with Crippen LogP contribution in [0.15, 0.2) is 12.1 Å². The lowest BCUT2D eigenvalue weighted by Gasteiger charge is -2.16. The molecular formula is C10H14ClNO3. The number of benzene rings is 1. The summed E-state index contributed by atoms with van der Waals surface area (Å²) in [5, 5.41) is 9.96. The number of rotatable bonds is 4. The normalized spacial score (nSPS) is 12.3. The van der Waals surface area contributed by atoms with Crippen LogP contribution >= 0.6 is 11.6 Å². The fourth-order valence-corrected chi connectivity index (χ4v) is 1.63. The van der Waals surface area contributed by atoms with Gasteiger partial charge in [0, 0.05) is 12.1 Å². The Labute approximate surface area is 93.6 Å². The summed E-state index contributed by atoms with van der Waals surface area (Å²) in [6, 6.07) is 3.35. The minimum atomic E-state index is -0.789. The van der Waals surface area contributed by atoms with Gasteiger partial charge in [-0.1, -0.05) is 11.6 Å². The van der Waals surface area contributed by atoms with E-state index in [0.717, 1.165) is 0 Å². The molecule has 0 fully saturated rings. The van der Waals surface area contributed by atoms with Crippen LogP contribution in [0.3, 0.4) is 0 Å². The summed E-state index contributed by atoms with van der Waals surface area (Å²) in [7, 11) is 2.99. The molecule has 5 heteroatoms. The molecule has 0 saturated carbocycles. The second-order valence-corrected chi connectivity index (χ2v) is 3.33. The highest BCUT2D eigenvalue weighted by Crippen LogP contribution is 2.39. The third kappa shape index (κ3) is 2.34. The van der Waals surface area contributed by atoms with Gasteiger partial charge in [-0.2, -0.15) is 0 Å². The number of hydrogen-bond donors (Lipinski definition) is 2. The lowest BCUT2D eigenvalue weighted by Crippen LogP contribution is -2.12. The van der Waals surface area contributed by atoms with Crippen LogP contribution in [0.5, 0.6) is 11.5 Å². The van der Waals surface area contributed by atoms with Crippen molar-refractivity contribution in [1.82, 2.24) is 0 Å². The zero-order valence-electron chi connectivity index (χ0n) is 8.66. The van der Waals surface area contributed by atoms with Gasteiger partial charge in [-0.15, -0.1) is 0 Å². The van der Waals surface area contributed by atoms with Gasteiger partial charge in [0.2, 0.25) is 0 Å². The fraction of sp³-hybridized carbons (Fsp3) is 0.400. The largest absolute Gasteiger partial charge is 0.495 e. The second kappa shape index (κ2) is 5.21. The number of methoxy groups -OCH3 is 2. The van der Waals surface area contributed by atoms with E-state index in [4.69, 9.17) is 26.8 Å². The van der Waals surface area contributed by atoms with Gasteiger partial charge in [0.05, 0.1) is 20.3 Å². The van der Waals surface area contributed by atoms with Crippen molar-refractivity contribution in [3.05, 3.63) is 22.7 Å². The summed E-state index contributed by atoms with van der Waals surface area (Å²) in [5.74, 6) is 0.899. The molecule has 0 aliphatic carbocycles. The minimum absolute atomic E-state index is 0.110. The predicted octanol–water partition coefficient (Wildman–Crippen LogP) is 1.35. The fourth-order valence-electron chi connectivity index (χ4n) is 1.31. The summed E-state index contributed by atoms with van der Waals surface area (Å²) >= 11 is 6.01. The highest BCUT2D eigenvalue weighted by molar-refractivity contribution is 6.33. The predicted molar refractivity (Wildman–Crippen MR) is 58.6 cm³/mol. The lowest BCUT2D eigenvalue weighted by atomic mass is 10.1. The number of aliphatic hydroxyl groups is 1. The Kier molecular flexibility index (Phi) is 4.20. The minimum Gasteiger partial charge on any atom is -0.495 e. The van der Waals surface area contributed by atoms with Crippen molar-refractivity contribution in [3.63, 3.8) is 0 Å². The molecule has 0 spiro atoms. The Balaban J connectivity index is 3.24. The molecule has 0 amide bonds. The van der Waals surface area contributed by atoms with E-state index in [2.05, 4.69) is 0 Å². The molecule has 1 unspecified atom stereocenters. The van der Waals surface area contributed by atoms with Crippen molar-refractivity contribution >= 4 is 11.6 Å². The monoisotopic (exact) mass is 231 g/mol. The molecule has 0 bridgehead atoms. The van der Waals surface area contributed by atoms with Crippen molar-refractivity contribution in [2.75, 3.05) is 20.8 Å². The first-order valence-corrected chi connectivity index (χ1v) is 4.82. The quantitative estimate of drug-likeness (QED) is 0.821. The smallest absolute Gasteiger partial charge is 0.147 e. The Bertz CT molecular complexity index is 344. The molecule has 0 aliphatic heterocycles. The van der Waals surface area contributed by atoms with Gasteiger partial charge in [-0.05, 0) is 12.1 Å². The van der Waals surface area contributed by atoms with Gasteiger partial charge in [0.15, 0.2) is 0 Å². The highest BCUT2D eigenvalue weighted by atomic mass is 35.5. The van der Waals surface area contributed by atoms with Gasteiger partial charge in [-0.3, -0.25) is 0 Å². The zero-order valence-corrected chi connectivity index (χ0v) is 9.41. The van der Waals surface area contributed by atoms with E-state index in [1.807, 2.05) is 0 Å².